The molecule has 0 aliphatic heterocycles. The third-order valence-corrected chi connectivity index (χ3v) is 4.39. The van der Waals surface area contributed by atoms with Crippen LogP contribution in [0.1, 0.15) is 45.7 Å². The molecule has 19 heavy (non-hydrogen) atoms. The van der Waals surface area contributed by atoms with Crippen molar-refractivity contribution in [1.82, 2.24) is 4.72 Å². The molecular formula is C14H24N2O2S. The van der Waals surface area contributed by atoms with Crippen molar-refractivity contribution in [2.75, 3.05) is 11.5 Å². The Morgan fingerprint density at radius 3 is 2.37 bits per heavy atom. The summed E-state index contributed by atoms with van der Waals surface area (Å²) in [5.41, 5.74) is 7.26. The number of hydrogen-bond donors (Lipinski definition) is 2. The number of para-hydroxylation sites is 1. The van der Waals surface area contributed by atoms with Gasteiger partial charge >= 0.3 is 0 Å². The number of nitrogens with two attached hydrogens (primary N) is 1. The molecule has 0 radical (unpaired) electrons. The summed E-state index contributed by atoms with van der Waals surface area (Å²) in [6.45, 7) is 7.89. The third kappa shape index (κ3) is 5.61. The van der Waals surface area contributed by atoms with Gasteiger partial charge in [0.1, 0.15) is 0 Å². The molecule has 0 aliphatic rings. The van der Waals surface area contributed by atoms with E-state index in [1.54, 1.807) is 13.0 Å². The van der Waals surface area contributed by atoms with Gasteiger partial charge < -0.3 is 5.73 Å². The van der Waals surface area contributed by atoms with Crippen molar-refractivity contribution in [3.8, 4) is 0 Å². The Labute approximate surface area is 116 Å². The van der Waals surface area contributed by atoms with Gasteiger partial charge in [-0.1, -0.05) is 39.0 Å². The van der Waals surface area contributed by atoms with E-state index in [1.165, 1.54) is 0 Å². The van der Waals surface area contributed by atoms with E-state index < -0.39 is 10.0 Å². The molecule has 108 valence electrons. The number of benzene rings is 1. The number of anilines is 1. The van der Waals surface area contributed by atoms with Crippen LogP contribution in [0.3, 0.4) is 0 Å². The van der Waals surface area contributed by atoms with Gasteiger partial charge in [0.15, 0.2) is 0 Å². The molecule has 1 aromatic carbocycles. The second kappa shape index (κ2) is 5.92. The van der Waals surface area contributed by atoms with Crippen LogP contribution in [0, 0.1) is 5.41 Å². The Morgan fingerprint density at radius 1 is 1.26 bits per heavy atom. The fraction of sp³-hybridized carbons (Fsp3) is 0.571. The minimum Gasteiger partial charge on any atom is -0.398 e. The van der Waals surface area contributed by atoms with Gasteiger partial charge in [-0.2, -0.15) is 0 Å². The molecule has 0 saturated heterocycles. The SMILES string of the molecule is CC(NS(=O)(=O)CCC(C)(C)C)c1ccccc1N. The van der Waals surface area contributed by atoms with E-state index in [4.69, 9.17) is 5.73 Å². The lowest BCUT2D eigenvalue weighted by Gasteiger charge is -2.20. The first-order valence-corrected chi connectivity index (χ1v) is 8.10. The van der Waals surface area contributed by atoms with Gasteiger partial charge in [0.05, 0.1) is 5.75 Å². The summed E-state index contributed by atoms with van der Waals surface area (Å²) in [6, 6.07) is 6.98. The number of hydrogen-bond acceptors (Lipinski definition) is 3. The highest BCUT2D eigenvalue weighted by Gasteiger charge is 2.20. The van der Waals surface area contributed by atoms with Gasteiger partial charge in [0.25, 0.3) is 0 Å². The standard InChI is InChI=1S/C14H24N2O2S/c1-11(12-7-5-6-8-13(12)15)16-19(17,18)10-9-14(2,3)4/h5-8,11,16H,9-10,15H2,1-4H3. The maximum absolute atomic E-state index is 12.0. The van der Waals surface area contributed by atoms with Crippen LogP contribution in [0.5, 0.6) is 0 Å². The van der Waals surface area contributed by atoms with Crippen molar-refractivity contribution in [1.29, 1.82) is 0 Å². The Balaban J connectivity index is 2.71. The quantitative estimate of drug-likeness (QED) is 0.817. The van der Waals surface area contributed by atoms with Crippen LogP contribution in [0.2, 0.25) is 0 Å². The highest BCUT2D eigenvalue weighted by molar-refractivity contribution is 7.89. The predicted octanol–water partition coefficient (Wildman–Crippen LogP) is 2.69. The zero-order chi connectivity index (χ0) is 14.7. The third-order valence-electron chi connectivity index (χ3n) is 2.94. The minimum absolute atomic E-state index is 0.00373. The highest BCUT2D eigenvalue weighted by Crippen LogP contribution is 2.22. The number of rotatable bonds is 5. The zero-order valence-electron chi connectivity index (χ0n) is 12.1. The summed E-state index contributed by atoms with van der Waals surface area (Å²) in [5.74, 6) is 0.133. The first-order chi connectivity index (χ1) is 8.61. The molecule has 0 aromatic heterocycles. The monoisotopic (exact) mass is 284 g/mol. The molecule has 4 nitrogen and oxygen atoms in total. The Kier molecular flexibility index (Phi) is 4.98. The van der Waals surface area contributed by atoms with Crippen LogP contribution in [0.4, 0.5) is 5.69 Å². The maximum atomic E-state index is 12.0. The summed E-state index contributed by atoms with van der Waals surface area (Å²) >= 11 is 0. The molecule has 0 fully saturated rings. The van der Waals surface area contributed by atoms with Crippen LogP contribution in [-0.4, -0.2) is 14.2 Å². The van der Waals surface area contributed by atoms with E-state index in [1.807, 2.05) is 39.0 Å². The van der Waals surface area contributed by atoms with E-state index in [9.17, 15) is 8.42 Å². The molecule has 0 heterocycles. The van der Waals surface area contributed by atoms with Gasteiger partial charge in [-0.05, 0) is 30.4 Å². The fourth-order valence-electron chi connectivity index (χ4n) is 1.74. The van der Waals surface area contributed by atoms with Gasteiger partial charge in [-0.3, -0.25) is 0 Å². The van der Waals surface area contributed by atoms with Gasteiger partial charge in [0.2, 0.25) is 10.0 Å². The van der Waals surface area contributed by atoms with Crippen LogP contribution in [-0.2, 0) is 10.0 Å². The summed E-state index contributed by atoms with van der Waals surface area (Å²) in [7, 11) is -3.28. The maximum Gasteiger partial charge on any atom is 0.212 e. The molecule has 0 saturated carbocycles. The summed E-state index contributed by atoms with van der Waals surface area (Å²) in [4.78, 5) is 0. The first-order valence-electron chi connectivity index (χ1n) is 6.45. The van der Waals surface area contributed by atoms with Crippen molar-refractivity contribution in [3.05, 3.63) is 29.8 Å². The van der Waals surface area contributed by atoms with Crippen molar-refractivity contribution < 1.29 is 8.42 Å². The molecule has 0 spiro atoms. The Hall–Kier alpha value is -1.07. The van der Waals surface area contributed by atoms with Crippen LogP contribution in [0.25, 0.3) is 0 Å². The number of nitrogens with one attached hydrogen (secondary N) is 1. The molecule has 1 atom stereocenters. The lowest BCUT2D eigenvalue weighted by atomic mass is 9.94. The molecule has 0 bridgehead atoms. The average molecular weight is 284 g/mol. The lowest BCUT2D eigenvalue weighted by Crippen LogP contribution is -2.31. The van der Waals surface area contributed by atoms with Crippen molar-refractivity contribution in [2.24, 2.45) is 5.41 Å². The summed E-state index contributed by atoms with van der Waals surface area (Å²) in [5, 5.41) is 0. The molecule has 1 aromatic rings. The first kappa shape index (κ1) is 16.0. The second-order valence-electron chi connectivity index (χ2n) is 6.10. The molecule has 0 amide bonds. The van der Waals surface area contributed by atoms with Gasteiger partial charge in [0, 0.05) is 11.7 Å². The predicted molar refractivity (Wildman–Crippen MR) is 80.3 cm³/mol. The number of sulfonamides is 1. The zero-order valence-corrected chi connectivity index (χ0v) is 12.9. The van der Waals surface area contributed by atoms with E-state index >= 15 is 0 Å². The molecule has 3 N–H and O–H groups in total. The Morgan fingerprint density at radius 2 is 1.84 bits per heavy atom. The highest BCUT2D eigenvalue weighted by atomic mass is 32.2. The van der Waals surface area contributed by atoms with E-state index in [2.05, 4.69) is 4.72 Å². The summed E-state index contributed by atoms with van der Waals surface area (Å²) < 4.78 is 26.7. The molecule has 5 heteroatoms. The average Bonchev–Trinajstić information content (AvgIpc) is 2.25. The van der Waals surface area contributed by atoms with Gasteiger partial charge in [-0.15, -0.1) is 0 Å². The smallest absolute Gasteiger partial charge is 0.212 e. The molecule has 1 rings (SSSR count). The molecule has 1 unspecified atom stereocenters. The minimum atomic E-state index is -3.28. The van der Waals surface area contributed by atoms with Crippen LogP contribution in [0.15, 0.2) is 24.3 Å². The van der Waals surface area contributed by atoms with Crippen molar-refractivity contribution in [2.45, 2.75) is 40.2 Å². The van der Waals surface area contributed by atoms with Crippen molar-refractivity contribution in [3.63, 3.8) is 0 Å². The normalized spacial score (nSPS) is 14.3. The van der Waals surface area contributed by atoms with Crippen LogP contribution < -0.4 is 10.5 Å². The van der Waals surface area contributed by atoms with Gasteiger partial charge in [-0.25, -0.2) is 13.1 Å². The summed E-state index contributed by atoms with van der Waals surface area (Å²) in [6.07, 6.45) is 0.624. The van der Waals surface area contributed by atoms with E-state index in [0.29, 0.717) is 12.1 Å². The second-order valence-corrected chi connectivity index (χ2v) is 7.97. The van der Waals surface area contributed by atoms with E-state index in [0.717, 1.165) is 5.56 Å². The largest absolute Gasteiger partial charge is 0.398 e. The van der Waals surface area contributed by atoms with E-state index in [-0.39, 0.29) is 17.2 Å². The van der Waals surface area contributed by atoms with Crippen LogP contribution >= 0.6 is 0 Å². The van der Waals surface area contributed by atoms with Crippen molar-refractivity contribution >= 4 is 15.7 Å². The topological polar surface area (TPSA) is 72.2 Å². The molecule has 0 aliphatic carbocycles. The fourth-order valence-corrected chi connectivity index (χ4v) is 3.40. The Bertz CT molecular complexity index is 518. The molecular weight excluding hydrogens is 260 g/mol. The number of nitrogen functional groups attached to an aromatic ring is 1. The lowest BCUT2D eigenvalue weighted by molar-refractivity contribution is 0.396.